The minimum Gasteiger partial charge on any atom is -0.489 e. The number of hydrogen-bond donors (Lipinski definition) is 2. The van der Waals surface area contributed by atoms with Gasteiger partial charge in [-0.1, -0.05) is 54.1 Å². The summed E-state index contributed by atoms with van der Waals surface area (Å²) in [4.78, 5) is 39.2. The van der Waals surface area contributed by atoms with Crippen LogP contribution in [0.25, 0.3) is 0 Å². The van der Waals surface area contributed by atoms with E-state index in [4.69, 9.17) is 16.3 Å². The van der Waals surface area contributed by atoms with E-state index >= 15 is 0 Å². The van der Waals surface area contributed by atoms with E-state index < -0.39 is 11.8 Å². The van der Waals surface area contributed by atoms with Crippen LogP contribution < -0.4 is 15.4 Å². The van der Waals surface area contributed by atoms with Gasteiger partial charge >= 0.3 is 0 Å². The Labute approximate surface area is 208 Å². The average molecular weight is 490 g/mol. The van der Waals surface area contributed by atoms with Crippen molar-refractivity contribution in [3.8, 4) is 5.75 Å². The van der Waals surface area contributed by atoms with Crippen molar-refractivity contribution >= 4 is 40.7 Å². The predicted molar refractivity (Wildman–Crippen MR) is 135 cm³/mol. The van der Waals surface area contributed by atoms with E-state index in [1.165, 1.54) is 0 Å². The smallest absolute Gasteiger partial charge is 0.279 e. The standard InChI is InChI=1S/C27H24ClN3O4/c1-17(2)35-22-11-7-6-10-21(22)30-25(32)19-12-14-20(15-13-19)29-24-23(28)26(33)31(27(24)34)16-18-8-4-3-5-9-18/h3-15,17,29H,16H2,1-2H3,(H,30,32). The van der Waals surface area contributed by atoms with Crippen molar-refractivity contribution in [3.05, 3.63) is 101 Å². The first-order chi connectivity index (χ1) is 16.8. The Morgan fingerprint density at radius 3 is 2.26 bits per heavy atom. The second-order valence-electron chi connectivity index (χ2n) is 8.19. The molecule has 0 aromatic heterocycles. The topological polar surface area (TPSA) is 87.7 Å². The molecular formula is C27H24ClN3O4. The molecule has 7 nitrogen and oxygen atoms in total. The summed E-state index contributed by atoms with van der Waals surface area (Å²) in [6.45, 7) is 3.95. The lowest BCUT2D eigenvalue weighted by Crippen LogP contribution is -2.31. The Kier molecular flexibility index (Phi) is 7.17. The number of benzene rings is 3. The van der Waals surface area contributed by atoms with Crippen LogP contribution >= 0.6 is 11.6 Å². The summed E-state index contributed by atoms with van der Waals surface area (Å²) in [7, 11) is 0. The van der Waals surface area contributed by atoms with E-state index in [9.17, 15) is 14.4 Å². The fourth-order valence-corrected chi connectivity index (χ4v) is 3.76. The third kappa shape index (κ3) is 5.53. The first kappa shape index (κ1) is 24.0. The van der Waals surface area contributed by atoms with E-state index in [0.29, 0.717) is 22.7 Å². The number of rotatable bonds is 8. The Balaban J connectivity index is 1.43. The molecule has 0 radical (unpaired) electrons. The van der Waals surface area contributed by atoms with Gasteiger partial charge in [-0.2, -0.15) is 0 Å². The van der Waals surface area contributed by atoms with Gasteiger partial charge in [0.25, 0.3) is 17.7 Å². The third-order valence-corrected chi connectivity index (χ3v) is 5.56. The lowest BCUT2D eigenvalue weighted by molar-refractivity contribution is -0.138. The van der Waals surface area contributed by atoms with Crippen LogP contribution in [0.4, 0.5) is 11.4 Å². The van der Waals surface area contributed by atoms with Gasteiger partial charge in [-0.15, -0.1) is 0 Å². The number of imide groups is 1. The molecule has 1 aliphatic heterocycles. The molecule has 3 amide bonds. The van der Waals surface area contributed by atoms with E-state index in [-0.39, 0.29) is 29.3 Å². The van der Waals surface area contributed by atoms with Gasteiger partial charge in [-0.25, -0.2) is 0 Å². The number of carbonyl (C=O) groups excluding carboxylic acids is 3. The molecule has 0 aliphatic carbocycles. The zero-order chi connectivity index (χ0) is 24.9. The minimum atomic E-state index is -0.554. The Bertz CT molecular complexity index is 1290. The number of carbonyl (C=O) groups is 3. The Morgan fingerprint density at radius 1 is 0.914 bits per heavy atom. The maximum absolute atomic E-state index is 12.8. The van der Waals surface area contributed by atoms with Gasteiger partial charge in [0, 0.05) is 11.3 Å². The molecule has 1 heterocycles. The van der Waals surface area contributed by atoms with Crippen molar-refractivity contribution < 1.29 is 19.1 Å². The lowest BCUT2D eigenvalue weighted by Gasteiger charge is -2.15. The number of para-hydroxylation sites is 2. The van der Waals surface area contributed by atoms with Gasteiger partial charge in [-0.05, 0) is 55.8 Å². The molecule has 4 rings (SSSR count). The van der Waals surface area contributed by atoms with Crippen molar-refractivity contribution in [2.75, 3.05) is 10.6 Å². The highest BCUT2D eigenvalue weighted by Gasteiger charge is 2.37. The number of nitrogens with one attached hydrogen (secondary N) is 2. The van der Waals surface area contributed by atoms with Gasteiger partial charge in [0.05, 0.1) is 18.3 Å². The van der Waals surface area contributed by atoms with Gasteiger partial charge in [0.15, 0.2) is 0 Å². The Hall–Kier alpha value is -4.10. The van der Waals surface area contributed by atoms with Crippen LogP contribution in [-0.4, -0.2) is 28.7 Å². The normalized spacial score (nSPS) is 13.4. The molecule has 0 bridgehead atoms. The second-order valence-corrected chi connectivity index (χ2v) is 8.57. The number of nitrogens with zero attached hydrogens (tertiary/aromatic N) is 1. The lowest BCUT2D eigenvalue weighted by atomic mass is 10.1. The van der Waals surface area contributed by atoms with Crippen molar-refractivity contribution in [2.45, 2.75) is 26.5 Å². The maximum Gasteiger partial charge on any atom is 0.279 e. The molecule has 0 fully saturated rings. The summed E-state index contributed by atoms with van der Waals surface area (Å²) in [5, 5.41) is 5.60. The number of amides is 3. The molecule has 3 aromatic carbocycles. The van der Waals surface area contributed by atoms with E-state index in [2.05, 4.69) is 10.6 Å². The van der Waals surface area contributed by atoms with Gasteiger partial charge in [0.1, 0.15) is 16.5 Å². The molecule has 3 aromatic rings. The molecule has 178 valence electrons. The first-order valence-corrected chi connectivity index (χ1v) is 11.5. The molecule has 0 atom stereocenters. The SMILES string of the molecule is CC(C)Oc1ccccc1NC(=O)c1ccc(NC2=C(Cl)C(=O)N(Cc3ccccc3)C2=O)cc1. The van der Waals surface area contributed by atoms with E-state index in [1.54, 1.807) is 36.4 Å². The van der Waals surface area contributed by atoms with Crippen molar-refractivity contribution in [1.82, 2.24) is 4.90 Å². The van der Waals surface area contributed by atoms with Crippen LogP contribution in [0, 0.1) is 0 Å². The van der Waals surface area contributed by atoms with E-state index in [0.717, 1.165) is 10.5 Å². The molecule has 0 saturated carbocycles. The monoisotopic (exact) mass is 489 g/mol. The van der Waals surface area contributed by atoms with Crippen LogP contribution in [-0.2, 0) is 16.1 Å². The first-order valence-electron chi connectivity index (χ1n) is 11.1. The van der Waals surface area contributed by atoms with Crippen molar-refractivity contribution in [1.29, 1.82) is 0 Å². The fourth-order valence-electron chi connectivity index (χ4n) is 3.53. The maximum atomic E-state index is 12.8. The molecule has 0 spiro atoms. The third-order valence-electron chi connectivity index (χ3n) is 5.21. The number of ether oxygens (including phenoxy) is 1. The summed E-state index contributed by atoms with van der Waals surface area (Å²) >= 11 is 6.19. The van der Waals surface area contributed by atoms with Gasteiger partial charge in [-0.3, -0.25) is 19.3 Å². The summed E-state index contributed by atoms with van der Waals surface area (Å²) in [5.74, 6) is -0.788. The summed E-state index contributed by atoms with van der Waals surface area (Å²) < 4.78 is 5.74. The van der Waals surface area contributed by atoms with Gasteiger partial charge in [0.2, 0.25) is 0 Å². The quantitative estimate of drug-likeness (QED) is 0.427. The van der Waals surface area contributed by atoms with E-state index in [1.807, 2.05) is 56.3 Å². The molecule has 2 N–H and O–H groups in total. The number of anilines is 2. The summed E-state index contributed by atoms with van der Waals surface area (Å²) in [6.07, 6.45) is -0.0339. The fraction of sp³-hybridized carbons (Fsp3) is 0.148. The Morgan fingerprint density at radius 2 is 1.57 bits per heavy atom. The highest BCUT2D eigenvalue weighted by Crippen LogP contribution is 2.28. The predicted octanol–water partition coefficient (Wildman–Crippen LogP) is 5.16. The molecular weight excluding hydrogens is 466 g/mol. The molecule has 8 heteroatoms. The van der Waals surface area contributed by atoms with Crippen LogP contribution in [0.1, 0.15) is 29.8 Å². The molecule has 0 unspecified atom stereocenters. The molecule has 35 heavy (non-hydrogen) atoms. The van der Waals surface area contributed by atoms with Crippen LogP contribution in [0.5, 0.6) is 5.75 Å². The molecule has 0 saturated heterocycles. The van der Waals surface area contributed by atoms with Gasteiger partial charge < -0.3 is 15.4 Å². The second kappa shape index (κ2) is 10.4. The largest absolute Gasteiger partial charge is 0.489 e. The average Bonchev–Trinajstić information content (AvgIpc) is 3.04. The van der Waals surface area contributed by atoms with Crippen molar-refractivity contribution in [3.63, 3.8) is 0 Å². The van der Waals surface area contributed by atoms with Crippen LogP contribution in [0.15, 0.2) is 89.6 Å². The summed E-state index contributed by atoms with van der Waals surface area (Å²) in [5.41, 5.74) is 2.31. The highest BCUT2D eigenvalue weighted by atomic mass is 35.5. The van der Waals surface area contributed by atoms with Crippen LogP contribution in [0.2, 0.25) is 0 Å². The highest BCUT2D eigenvalue weighted by molar-refractivity contribution is 6.48. The van der Waals surface area contributed by atoms with Crippen molar-refractivity contribution in [2.24, 2.45) is 0 Å². The van der Waals surface area contributed by atoms with Crippen LogP contribution in [0.3, 0.4) is 0 Å². The molecule has 1 aliphatic rings. The number of halogens is 1. The minimum absolute atomic E-state index is 0.00422. The number of hydrogen-bond acceptors (Lipinski definition) is 5. The zero-order valence-electron chi connectivity index (χ0n) is 19.2. The summed E-state index contributed by atoms with van der Waals surface area (Å²) in [6, 6.07) is 22.9. The zero-order valence-corrected chi connectivity index (χ0v) is 20.0.